The summed E-state index contributed by atoms with van der Waals surface area (Å²) < 4.78 is 13.1. The fourth-order valence-electron chi connectivity index (χ4n) is 0.945. The van der Waals surface area contributed by atoms with E-state index in [4.69, 9.17) is 16.7 Å². The van der Waals surface area contributed by atoms with Gasteiger partial charge in [0.25, 0.3) is 0 Å². The van der Waals surface area contributed by atoms with Gasteiger partial charge in [0.15, 0.2) is 0 Å². The molecular formula is C9H7ClFNO3. The normalized spacial score (nSPS) is 9.73. The van der Waals surface area contributed by atoms with Crippen LogP contribution in [0.2, 0.25) is 5.02 Å². The summed E-state index contributed by atoms with van der Waals surface area (Å²) in [5.41, 5.74) is 0.0637. The zero-order chi connectivity index (χ0) is 11.4. The van der Waals surface area contributed by atoms with E-state index in [9.17, 15) is 14.0 Å². The van der Waals surface area contributed by atoms with Gasteiger partial charge < -0.3 is 10.4 Å². The van der Waals surface area contributed by atoms with Gasteiger partial charge in [0.1, 0.15) is 5.82 Å². The first-order valence-corrected chi connectivity index (χ1v) is 4.34. The Labute approximate surface area is 89.7 Å². The Morgan fingerprint density at radius 3 is 2.67 bits per heavy atom. The minimum absolute atomic E-state index is 0.0637. The van der Waals surface area contributed by atoms with Crippen LogP contribution in [0.3, 0.4) is 0 Å². The van der Waals surface area contributed by atoms with Gasteiger partial charge in [0.05, 0.1) is 0 Å². The van der Waals surface area contributed by atoms with Crippen molar-refractivity contribution in [1.29, 1.82) is 0 Å². The maximum Gasteiger partial charge on any atom is 0.394 e. The van der Waals surface area contributed by atoms with Crippen molar-refractivity contribution in [2.45, 2.75) is 6.54 Å². The highest BCUT2D eigenvalue weighted by Crippen LogP contribution is 2.18. The molecule has 0 atom stereocenters. The first-order valence-electron chi connectivity index (χ1n) is 3.96. The van der Waals surface area contributed by atoms with Crippen molar-refractivity contribution in [3.63, 3.8) is 0 Å². The number of carbonyl (C=O) groups excluding carboxylic acids is 1. The Bertz CT molecular complexity index is 388. The number of carboxylic acids is 1. The molecule has 1 rings (SSSR count). The number of amides is 1. The van der Waals surface area contributed by atoms with Gasteiger partial charge in [-0.3, -0.25) is 4.79 Å². The minimum atomic E-state index is -1.62. The summed E-state index contributed by atoms with van der Waals surface area (Å²) in [6.07, 6.45) is 0. The molecule has 1 aromatic carbocycles. The fourth-order valence-corrected chi connectivity index (χ4v) is 1.18. The lowest BCUT2D eigenvalue weighted by atomic mass is 10.2. The van der Waals surface area contributed by atoms with E-state index in [1.807, 2.05) is 5.32 Å². The van der Waals surface area contributed by atoms with Crippen LogP contribution in [0.5, 0.6) is 0 Å². The Kier molecular flexibility index (Phi) is 3.62. The van der Waals surface area contributed by atoms with Gasteiger partial charge in [-0.2, -0.15) is 0 Å². The predicted octanol–water partition coefficient (Wildman–Crippen LogP) is 1.18. The molecule has 0 aliphatic carbocycles. The van der Waals surface area contributed by atoms with Crippen molar-refractivity contribution in [2.75, 3.05) is 0 Å². The van der Waals surface area contributed by atoms with E-state index in [1.165, 1.54) is 18.2 Å². The number of aliphatic carboxylic acids is 1. The highest BCUT2D eigenvalue weighted by Gasteiger charge is 2.13. The second kappa shape index (κ2) is 4.75. The molecule has 0 bridgehead atoms. The molecule has 0 fully saturated rings. The zero-order valence-corrected chi connectivity index (χ0v) is 8.21. The van der Waals surface area contributed by atoms with Crippen LogP contribution in [-0.2, 0) is 16.1 Å². The summed E-state index contributed by atoms with van der Waals surface area (Å²) in [6, 6.07) is 4.04. The van der Waals surface area contributed by atoms with Crippen LogP contribution >= 0.6 is 11.6 Å². The van der Waals surface area contributed by atoms with Crippen LogP contribution in [0.4, 0.5) is 4.39 Å². The maximum absolute atomic E-state index is 13.1. The summed E-state index contributed by atoms with van der Waals surface area (Å²) in [5.74, 6) is -3.41. The lowest BCUT2D eigenvalue weighted by Gasteiger charge is -2.05. The molecule has 0 aliphatic rings. The van der Waals surface area contributed by atoms with Gasteiger partial charge in [-0.05, 0) is 12.1 Å². The molecule has 0 spiro atoms. The van der Waals surface area contributed by atoms with E-state index in [2.05, 4.69) is 0 Å². The van der Waals surface area contributed by atoms with Crippen molar-refractivity contribution in [3.8, 4) is 0 Å². The van der Waals surface area contributed by atoms with Gasteiger partial charge >= 0.3 is 11.9 Å². The molecule has 2 N–H and O–H groups in total. The van der Waals surface area contributed by atoms with Gasteiger partial charge in [-0.15, -0.1) is 0 Å². The molecule has 0 aliphatic heterocycles. The lowest BCUT2D eigenvalue weighted by molar-refractivity contribution is -0.150. The third-order valence-corrected chi connectivity index (χ3v) is 2.04. The number of carboxylic acid groups (broad SMARTS) is 1. The van der Waals surface area contributed by atoms with Gasteiger partial charge in [0.2, 0.25) is 0 Å². The quantitative estimate of drug-likeness (QED) is 0.751. The average molecular weight is 232 g/mol. The second-order valence-electron chi connectivity index (χ2n) is 2.69. The molecule has 0 unspecified atom stereocenters. The topological polar surface area (TPSA) is 66.4 Å². The molecule has 0 aromatic heterocycles. The van der Waals surface area contributed by atoms with Crippen LogP contribution in [0.15, 0.2) is 18.2 Å². The Hall–Kier alpha value is -1.62. The van der Waals surface area contributed by atoms with Crippen LogP contribution in [0.25, 0.3) is 0 Å². The molecule has 1 amide bonds. The smallest absolute Gasteiger partial charge is 0.394 e. The summed E-state index contributed by atoms with van der Waals surface area (Å²) >= 11 is 5.65. The molecular weight excluding hydrogens is 225 g/mol. The third kappa shape index (κ3) is 2.92. The van der Waals surface area contributed by atoms with Crippen LogP contribution in [-0.4, -0.2) is 17.0 Å². The molecule has 0 heterocycles. The number of hydrogen-bond acceptors (Lipinski definition) is 2. The highest BCUT2D eigenvalue weighted by atomic mass is 35.5. The van der Waals surface area contributed by atoms with E-state index >= 15 is 0 Å². The number of benzene rings is 1. The van der Waals surface area contributed by atoms with Gasteiger partial charge in [-0.25, -0.2) is 9.18 Å². The number of halogens is 2. The summed E-state index contributed by atoms with van der Waals surface area (Å²) in [7, 11) is 0. The zero-order valence-electron chi connectivity index (χ0n) is 7.46. The SMILES string of the molecule is O=C(O)C(=O)NCc1c(F)cccc1Cl. The van der Waals surface area contributed by atoms with E-state index in [1.54, 1.807) is 0 Å². The van der Waals surface area contributed by atoms with E-state index < -0.39 is 17.7 Å². The number of carbonyl (C=O) groups is 2. The number of rotatable bonds is 2. The monoisotopic (exact) mass is 231 g/mol. The highest BCUT2D eigenvalue weighted by molar-refractivity contribution is 6.32. The lowest BCUT2D eigenvalue weighted by Crippen LogP contribution is -2.30. The summed E-state index contributed by atoms with van der Waals surface area (Å²) in [5, 5.41) is 10.4. The standard InChI is InChI=1S/C9H7ClFNO3/c10-6-2-1-3-7(11)5(6)4-12-8(13)9(14)15/h1-3H,4H2,(H,12,13)(H,14,15). The van der Waals surface area contributed by atoms with E-state index in [0.717, 1.165) is 0 Å². The third-order valence-electron chi connectivity index (χ3n) is 1.68. The molecule has 0 radical (unpaired) electrons. The molecule has 4 nitrogen and oxygen atoms in total. The Balaban J connectivity index is 2.73. The van der Waals surface area contributed by atoms with E-state index in [0.29, 0.717) is 0 Å². The molecule has 6 heteroatoms. The van der Waals surface area contributed by atoms with Gasteiger partial charge in [0, 0.05) is 17.1 Å². The first kappa shape index (κ1) is 11.5. The Morgan fingerprint density at radius 2 is 2.13 bits per heavy atom. The van der Waals surface area contributed by atoms with Crippen molar-refractivity contribution < 1.29 is 19.1 Å². The van der Waals surface area contributed by atoms with Crippen molar-refractivity contribution >= 4 is 23.5 Å². The molecule has 1 aromatic rings. The average Bonchev–Trinajstić information content (AvgIpc) is 2.16. The maximum atomic E-state index is 13.1. The van der Waals surface area contributed by atoms with Crippen molar-refractivity contribution in [1.82, 2.24) is 5.32 Å². The van der Waals surface area contributed by atoms with Crippen molar-refractivity contribution in [2.24, 2.45) is 0 Å². The Morgan fingerprint density at radius 1 is 1.47 bits per heavy atom. The molecule has 15 heavy (non-hydrogen) atoms. The fraction of sp³-hybridized carbons (Fsp3) is 0.111. The molecule has 80 valence electrons. The van der Waals surface area contributed by atoms with Crippen LogP contribution in [0, 0.1) is 5.82 Å². The second-order valence-corrected chi connectivity index (χ2v) is 3.10. The van der Waals surface area contributed by atoms with Crippen LogP contribution in [0.1, 0.15) is 5.56 Å². The largest absolute Gasteiger partial charge is 0.474 e. The van der Waals surface area contributed by atoms with Gasteiger partial charge in [-0.1, -0.05) is 17.7 Å². The van der Waals surface area contributed by atoms with Crippen LogP contribution < -0.4 is 5.32 Å². The molecule has 0 saturated carbocycles. The summed E-state index contributed by atoms with van der Waals surface area (Å²) in [6.45, 7) is -0.253. The summed E-state index contributed by atoms with van der Waals surface area (Å²) in [4.78, 5) is 20.8. The number of hydrogen-bond donors (Lipinski definition) is 2. The number of nitrogens with one attached hydrogen (secondary N) is 1. The minimum Gasteiger partial charge on any atom is -0.474 e. The predicted molar refractivity (Wildman–Crippen MR) is 50.9 cm³/mol. The van der Waals surface area contributed by atoms with E-state index in [-0.39, 0.29) is 17.1 Å². The molecule has 0 saturated heterocycles. The van der Waals surface area contributed by atoms with Crippen molar-refractivity contribution in [3.05, 3.63) is 34.6 Å². The first-order chi connectivity index (χ1) is 7.02.